The molecule has 1 atom stereocenters. The number of thiophene rings is 1. The third-order valence-corrected chi connectivity index (χ3v) is 4.25. The van der Waals surface area contributed by atoms with E-state index in [0.717, 1.165) is 11.1 Å². The van der Waals surface area contributed by atoms with Crippen LogP contribution < -0.4 is 0 Å². The van der Waals surface area contributed by atoms with Crippen molar-refractivity contribution in [1.29, 1.82) is 0 Å². The zero-order valence-corrected chi connectivity index (χ0v) is 10.7. The zero-order valence-electron chi connectivity index (χ0n) is 9.89. The molecule has 2 heteroatoms. The average molecular weight is 244 g/mol. The van der Waals surface area contributed by atoms with Gasteiger partial charge >= 0.3 is 0 Å². The van der Waals surface area contributed by atoms with Crippen LogP contribution in [0.15, 0.2) is 35.7 Å². The molecule has 1 saturated carbocycles. The summed E-state index contributed by atoms with van der Waals surface area (Å²) in [5, 5.41) is 12.5. The average Bonchev–Trinajstić information content (AvgIpc) is 3.11. The van der Waals surface area contributed by atoms with Crippen molar-refractivity contribution in [2.75, 3.05) is 0 Å². The van der Waals surface area contributed by atoms with Crippen molar-refractivity contribution in [2.45, 2.75) is 31.8 Å². The van der Waals surface area contributed by atoms with Crippen LogP contribution in [0.25, 0.3) is 0 Å². The largest absolute Gasteiger partial charge is 0.384 e. The van der Waals surface area contributed by atoms with Crippen LogP contribution in [0.1, 0.15) is 46.4 Å². The first-order valence-corrected chi connectivity index (χ1v) is 6.95. The van der Waals surface area contributed by atoms with Gasteiger partial charge in [-0.2, -0.15) is 0 Å². The first-order chi connectivity index (χ1) is 8.25. The van der Waals surface area contributed by atoms with Gasteiger partial charge in [0.1, 0.15) is 6.10 Å². The van der Waals surface area contributed by atoms with Crippen molar-refractivity contribution in [3.63, 3.8) is 0 Å². The van der Waals surface area contributed by atoms with Gasteiger partial charge in [0.15, 0.2) is 0 Å². The van der Waals surface area contributed by atoms with Crippen LogP contribution in [0.3, 0.4) is 0 Å². The molecule has 3 rings (SSSR count). The van der Waals surface area contributed by atoms with E-state index in [-0.39, 0.29) is 0 Å². The molecule has 1 N–H and O–H groups in total. The lowest BCUT2D eigenvalue weighted by molar-refractivity contribution is 0.219. The molecule has 1 aliphatic carbocycles. The lowest BCUT2D eigenvalue weighted by Crippen LogP contribution is -2.01. The maximum absolute atomic E-state index is 10.5. The summed E-state index contributed by atoms with van der Waals surface area (Å²) < 4.78 is 0. The van der Waals surface area contributed by atoms with Gasteiger partial charge in [0, 0.05) is 4.88 Å². The molecule has 1 unspecified atom stereocenters. The normalized spacial score (nSPS) is 17.1. The minimum Gasteiger partial charge on any atom is -0.384 e. The highest BCUT2D eigenvalue weighted by atomic mass is 32.1. The fourth-order valence-electron chi connectivity index (χ4n) is 2.31. The maximum atomic E-state index is 10.5. The van der Waals surface area contributed by atoms with Gasteiger partial charge in [-0.1, -0.05) is 24.3 Å². The van der Waals surface area contributed by atoms with Gasteiger partial charge in [-0.25, -0.2) is 0 Å². The Kier molecular flexibility index (Phi) is 2.77. The quantitative estimate of drug-likeness (QED) is 0.864. The predicted molar refractivity (Wildman–Crippen MR) is 71.5 cm³/mol. The van der Waals surface area contributed by atoms with Crippen LogP contribution >= 0.6 is 11.3 Å². The van der Waals surface area contributed by atoms with Gasteiger partial charge in [0.05, 0.1) is 0 Å². The summed E-state index contributed by atoms with van der Waals surface area (Å²) in [6.07, 6.45) is 2.08. The molecule has 0 saturated heterocycles. The third-order valence-electron chi connectivity index (χ3n) is 3.37. The molecule has 1 aliphatic rings. The fraction of sp³-hybridized carbons (Fsp3) is 0.333. The van der Waals surface area contributed by atoms with E-state index in [4.69, 9.17) is 0 Å². The minimum atomic E-state index is -0.461. The molecule has 1 aromatic heterocycles. The Bertz CT molecular complexity index is 525. The Morgan fingerprint density at radius 1 is 1.29 bits per heavy atom. The monoisotopic (exact) mass is 244 g/mol. The summed E-state index contributed by atoms with van der Waals surface area (Å²) in [6, 6.07) is 10.4. The molecular formula is C15H16OS. The van der Waals surface area contributed by atoms with E-state index >= 15 is 0 Å². The summed E-state index contributed by atoms with van der Waals surface area (Å²) in [5.74, 6) is 0.681. The van der Waals surface area contributed by atoms with Crippen molar-refractivity contribution in [3.8, 4) is 0 Å². The Labute approximate surface area is 106 Å². The number of hydrogen-bond acceptors (Lipinski definition) is 2. The highest BCUT2D eigenvalue weighted by Crippen LogP contribution is 2.43. The molecule has 0 amide bonds. The molecule has 17 heavy (non-hydrogen) atoms. The van der Waals surface area contributed by atoms with Crippen LogP contribution in [-0.2, 0) is 0 Å². The second-order valence-electron chi connectivity index (χ2n) is 4.80. The maximum Gasteiger partial charge on any atom is 0.105 e. The number of aliphatic hydroxyl groups is 1. The fourth-order valence-corrected chi connectivity index (χ4v) is 3.04. The molecule has 0 bridgehead atoms. The standard InChI is InChI=1S/C15H16OS/c1-10-8-12(9-17-10)15(16)14-5-3-2-4-13(14)11-6-7-11/h2-5,8-9,11,15-16H,6-7H2,1H3. The van der Waals surface area contributed by atoms with E-state index < -0.39 is 6.10 Å². The smallest absolute Gasteiger partial charge is 0.105 e. The SMILES string of the molecule is Cc1cc(C(O)c2ccccc2C2CC2)cs1. The van der Waals surface area contributed by atoms with Gasteiger partial charge in [-0.05, 0) is 53.8 Å². The highest BCUT2D eigenvalue weighted by Gasteiger charge is 2.28. The zero-order chi connectivity index (χ0) is 11.8. The third kappa shape index (κ3) is 2.15. The van der Waals surface area contributed by atoms with Crippen LogP contribution in [0.4, 0.5) is 0 Å². The summed E-state index contributed by atoms with van der Waals surface area (Å²) in [7, 11) is 0. The van der Waals surface area contributed by atoms with Crippen LogP contribution in [0.2, 0.25) is 0 Å². The molecule has 1 fully saturated rings. The van der Waals surface area contributed by atoms with E-state index in [2.05, 4.69) is 36.6 Å². The molecule has 0 radical (unpaired) electrons. The Morgan fingerprint density at radius 2 is 2.06 bits per heavy atom. The Morgan fingerprint density at radius 3 is 2.71 bits per heavy atom. The molecule has 0 spiro atoms. The molecule has 88 valence electrons. The van der Waals surface area contributed by atoms with Crippen molar-refractivity contribution in [2.24, 2.45) is 0 Å². The van der Waals surface area contributed by atoms with Crippen molar-refractivity contribution in [1.82, 2.24) is 0 Å². The van der Waals surface area contributed by atoms with Gasteiger partial charge in [0.2, 0.25) is 0 Å². The number of aryl methyl sites for hydroxylation is 1. The van der Waals surface area contributed by atoms with Crippen molar-refractivity contribution >= 4 is 11.3 Å². The van der Waals surface area contributed by atoms with Gasteiger partial charge in [0.25, 0.3) is 0 Å². The highest BCUT2D eigenvalue weighted by molar-refractivity contribution is 7.10. The van der Waals surface area contributed by atoms with E-state index in [0.29, 0.717) is 5.92 Å². The summed E-state index contributed by atoms with van der Waals surface area (Å²) in [4.78, 5) is 1.25. The second-order valence-corrected chi connectivity index (χ2v) is 5.91. The molecule has 2 aromatic rings. The summed E-state index contributed by atoms with van der Waals surface area (Å²) in [6.45, 7) is 2.08. The summed E-state index contributed by atoms with van der Waals surface area (Å²) in [5.41, 5.74) is 3.46. The van der Waals surface area contributed by atoms with E-state index in [9.17, 15) is 5.11 Å². The van der Waals surface area contributed by atoms with Crippen molar-refractivity contribution in [3.05, 3.63) is 57.3 Å². The lowest BCUT2D eigenvalue weighted by Gasteiger charge is -2.14. The van der Waals surface area contributed by atoms with Crippen LogP contribution in [-0.4, -0.2) is 5.11 Å². The molecular weight excluding hydrogens is 228 g/mol. The first kappa shape index (κ1) is 11.0. The molecule has 1 aromatic carbocycles. The minimum absolute atomic E-state index is 0.461. The lowest BCUT2D eigenvalue weighted by atomic mass is 9.96. The number of benzene rings is 1. The first-order valence-electron chi connectivity index (χ1n) is 6.07. The molecule has 1 heterocycles. The summed E-state index contributed by atoms with van der Waals surface area (Å²) >= 11 is 1.70. The van der Waals surface area contributed by atoms with Crippen molar-refractivity contribution < 1.29 is 5.11 Å². The number of hydrogen-bond donors (Lipinski definition) is 1. The van der Waals surface area contributed by atoms with Gasteiger partial charge < -0.3 is 5.11 Å². The van der Waals surface area contributed by atoms with E-state index in [1.54, 1.807) is 11.3 Å². The predicted octanol–water partition coefficient (Wildman–Crippen LogP) is 4.02. The van der Waals surface area contributed by atoms with Crippen LogP contribution in [0, 0.1) is 6.92 Å². The number of aliphatic hydroxyl groups excluding tert-OH is 1. The molecule has 1 nitrogen and oxygen atoms in total. The van der Waals surface area contributed by atoms with Gasteiger partial charge in [-0.3, -0.25) is 0 Å². The van der Waals surface area contributed by atoms with Crippen LogP contribution in [0.5, 0.6) is 0 Å². The second kappa shape index (κ2) is 4.28. The Balaban J connectivity index is 1.98. The van der Waals surface area contributed by atoms with E-state index in [1.165, 1.54) is 23.3 Å². The van der Waals surface area contributed by atoms with Gasteiger partial charge in [-0.15, -0.1) is 11.3 Å². The van der Waals surface area contributed by atoms with E-state index in [1.807, 2.05) is 6.07 Å². The molecule has 0 aliphatic heterocycles. The Hall–Kier alpha value is -1.12. The number of rotatable bonds is 3. The topological polar surface area (TPSA) is 20.2 Å².